The lowest BCUT2D eigenvalue weighted by Crippen LogP contribution is -2.09. The van der Waals surface area contributed by atoms with Crippen LogP contribution < -0.4 is 10.5 Å². The van der Waals surface area contributed by atoms with Crippen LogP contribution in [0.4, 0.5) is 0 Å². The molecule has 1 unspecified atom stereocenters. The van der Waals surface area contributed by atoms with Crippen molar-refractivity contribution in [1.82, 2.24) is 0 Å². The Morgan fingerprint density at radius 3 is 2.62 bits per heavy atom. The van der Waals surface area contributed by atoms with Crippen LogP contribution in [0.15, 0.2) is 10.5 Å². The van der Waals surface area contributed by atoms with Gasteiger partial charge in [0.15, 0.2) is 0 Å². The Hall–Kier alpha value is -0.580. The number of benzene rings is 1. The van der Waals surface area contributed by atoms with E-state index < -0.39 is 6.10 Å². The van der Waals surface area contributed by atoms with Crippen molar-refractivity contribution in [2.75, 3.05) is 13.7 Å². The van der Waals surface area contributed by atoms with Crippen molar-refractivity contribution in [3.05, 3.63) is 27.2 Å². The second-order valence-electron chi connectivity index (χ2n) is 3.85. The summed E-state index contributed by atoms with van der Waals surface area (Å²) in [6, 6.07) is 1.96. The molecule has 90 valence electrons. The third-order valence-corrected chi connectivity index (χ3v) is 3.65. The Morgan fingerprint density at radius 2 is 2.12 bits per heavy atom. The van der Waals surface area contributed by atoms with Crippen molar-refractivity contribution >= 4 is 15.9 Å². The van der Waals surface area contributed by atoms with Gasteiger partial charge in [0.25, 0.3) is 0 Å². The molecule has 1 aromatic rings. The molecule has 0 aliphatic carbocycles. The number of aryl methyl sites for hydroxylation is 1. The first-order valence-corrected chi connectivity index (χ1v) is 6.04. The van der Waals surface area contributed by atoms with Crippen molar-refractivity contribution in [3.8, 4) is 5.75 Å². The number of hydrogen-bond donors (Lipinski definition) is 2. The minimum Gasteiger partial charge on any atom is -0.495 e. The van der Waals surface area contributed by atoms with Crippen LogP contribution >= 0.6 is 15.9 Å². The molecule has 1 atom stereocenters. The van der Waals surface area contributed by atoms with Crippen molar-refractivity contribution in [2.24, 2.45) is 5.73 Å². The molecule has 0 fully saturated rings. The summed E-state index contributed by atoms with van der Waals surface area (Å²) < 4.78 is 6.20. The molecule has 0 aliphatic heterocycles. The van der Waals surface area contributed by atoms with Crippen LogP contribution in [0.1, 0.15) is 29.2 Å². The predicted molar refractivity (Wildman–Crippen MR) is 68.8 cm³/mol. The molecule has 1 aromatic carbocycles. The number of nitrogens with two attached hydrogens (primary N) is 1. The molecule has 3 nitrogen and oxygen atoms in total. The lowest BCUT2D eigenvalue weighted by atomic mass is 9.98. The molecule has 0 spiro atoms. The average molecular weight is 288 g/mol. The summed E-state index contributed by atoms with van der Waals surface area (Å²) in [5, 5.41) is 9.97. The number of halogens is 1. The minimum atomic E-state index is -0.508. The first kappa shape index (κ1) is 13.5. The van der Waals surface area contributed by atoms with Crippen molar-refractivity contribution in [3.63, 3.8) is 0 Å². The van der Waals surface area contributed by atoms with Gasteiger partial charge in [0.05, 0.1) is 17.7 Å². The van der Waals surface area contributed by atoms with E-state index in [4.69, 9.17) is 10.5 Å². The Labute approximate surface area is 105 Å². The lowest BCUT2D eigenvalue weighted by molar-refractivity contribution is 0.169. The Kier molecular flexibility index (Phi) is 4.77. The summed E-state index contributed by atoms with van der Waals surface area (Å²) in [5.74, 6) is 0.821. The normalized spacial score (nSPS) is 12.6. The number of hydrogen-bond acceptors (Lipinski definition) is 3. The highest BCUT2D eigenvalue weighted by molar-refractivity contribution is 9.10. The molecular formula is C12H18BrNO2. The van der Waals surface area contributed by atoms with Crippen molar-refractivity contribution in [1.29, 1.82) is 0 Å². The largest absolute Gasteiger partial charge is 0.495 e. The molecule has 0 amide bonds. The molecular weight excluding hydrogens is 270 g/mol. The van der Waals surface area contributed by atoms with Crippen LogP contribution in [0.5, 0.6) is 5.75 Å². The number of aliphatic hydroxyl groups is 1. The van der Waals surface area contributed by atoms with E-state index in [1.54, 1.807) is 7.11 Å². The standard InChI is InChI=1S/C12H18BrNO2/c1-7-6-9(10(15)4-5-14)8(2)11(13)12(7)16-3/h6,10,15H,4-5,14H2,1-3H3. The Balaban J connectivity index is 3.22. The SMILES string of the molecule is COc1c(C)cc(C(O)CCN)c(C)c1Br. The second kappa shape index (κ2) is 5.66. The first-order chi connectivity index (χ1) is 7.52. The fraction of sp³-hybridized carbons (Fsp3) is 0.500. The predicted octanol–water partition coefficient (Wildman–Crippen LogP) is 2.46. The van der Waals surface area contributed by atoms with E-state index in [-0.39, 0.29) is 0 Å². The molecule has 4 heteroatoms. The van der Waals surface area contributed by atoms with E-state index in [1.165, 1.54) is 0 Å². The van der Waals surface area contributed by atoms with E-state index in [9.17, 15) is 5.11 Å². The van der Waals surface area contributed by atoms with Gasteiger partial charge in [0.2, 0.25) is 0 Å². The van der Waals surface area contributed by atoms with Gasteiger partial charge in [-0.25, -0.2) is 0 Å². The molecule has 0 bridgehead atoms. The van der Waals surface area contributed by atoms with Crippen LogP contribution in [0.2, 0.25) is 0 Å². The highest BCUT2D eigenvalue weighted by Crippen LogP contribution is 2.36. The molecule has 16 heavy (non-hydrogen) atoms. The number of aliphatic hydroxyl groups excluding tert-OH is 1. The van der Waals surface area contributed by atoms with Gasteiger partial charge in [0, 0.05) is 0 Å². The minimum absolute atomic E-state index is 0.475. The zero-order valence-corrected chi connectivity index (χ0v) is 11.5. The smallest absolute Gasteiger partial charge is 0.136 e. The fourth-order valence-corrected chi connectivity index (χ4v) is 2.49. The molecule has 1 rings (SSSR count). The van der Waals surface area contributed by atoms with Crippen LogP contribution in [0, 0.1) is 13.8 Å². The molecule has 3 N–H and O–H groups in total. The van der Waals surface area contributed by atoms with Gasteiger partial charge in [-0.3, -0.25) is 0 Å². The summed E-state index contributed by atoms with van der Waals surface area (Å²) in [7, 11) is 1.64. The molecule has 0 aromatic heterocycles. The Morgan fingerprint density at radius 1 is 1.50 bits per heavy atom. The maximum Gasteiger partial charge on any atom is 0.136 e. The average Bonchev–Trinajstić information content (AvgIpc) is 2.24. The molecule has 0 radical (unpaired) electrons. The van der Waals surface area contributed by atoms with Gasteiger partial charge in [-0.2, -0.15) is 0 Å². The third kappa shape index (κ3) is 2.56. The van der Waals surface area contributed by atoms with Crippen molar-refractivity contribution in [2.45, 2.75) is 26.4 Å². The lowest BCUT2D eigenvalue weighted by Gasteiger charge is -2.18. The second-order valence-corrected chi connectivity index (χ2v) is 4.64. The quantitative estimate of drug-likeness (QED) is 0.894. The monoisotopic (exact) mass is 287 g/mol. The summed E-state index contributed by atoms with van der Waals surface area (Å²) in [5.41, 5.74) is 8.37. The van der Waals surface area contributed by atoms with Crippen LogP contribution in [-0.2, 0) is 0 Å². The summed E-state index contributed by atoms with van der Waals surface area (Å²) >= 11 is 3.49. The molecule has 0 saturated carbocycles. The van der Waals surface area contributed by atoms with E-state index in [1.807, 2.05) is 19.9 Å². The highest BCUT2D eigenvalue weighted by Gasteiger charge is 2.16. The first-order valence-electron chi connectivity index (χ1n) is 5.24. The zero-order valence-electron chi connectivity index (χ0n) is 9.88. The molecule has 0 aliphatic rings. The van der Waals surface area contributed by atoms with Gasteiger partial charge < -0.3 is 15.6 Å². The van der Waals surface area contributed by atoms with Crippen LogP contribution in [-0.4, -0.2) is 18.8 Å². The third-order valence-electron chi connectivity index (χ3n) is 2.69. The van der Waals surface area contributed by atoms with E-state index in [0.717, 1.165) is 26.9 Å². The fourth-order valence-electron chi connectivity index (χ4n) is 1.79. The van der Waals surface area contributed by atoms with Crippen LogP contribution in [0.25, 0.3) is 0 Å². The molecule has 0 saturated heterocycles. The van der Waals surface area contributed by atoms with Gasteiger partial charge >= 0.3 is 0 Å². The van der Waals surface area contributed by atoms with Gasteiger partial charge in [-0.05, 0) is 65.5 Å². The maximum absolute atomic E-state index is 9.97. The number of methoxy groups -OCH3 is 1. The molecule has 0 heterocycles. The van der Waals surface area contributed by atoms with E-state index in [0.29, 0.717) is 13.0 Å². The summed E-state index contributed by atoms with van der Waals surface area (Å²) in [6.45, 7) is 4.39. The maximum atomic E-state index is 9.97. The summed E-state index contributed by atoms with van der Waals surface area (Å²) in [6.07, 6.45) is 0.0601. The zero-order chi connectivity index (χ0) is 12.3. The van der Waals surface area contributed by atoms with Gasteiger partial charge in [-0.1, -0.05) is 0 Å². The van der Waals surface area contributed by atoms with Gasteiger partial charge in [0.1, 0.15) is 5.75 Å². The number of rotatable bonds is 4. The Bertz CT molecular complexity index is 380. The van der Waals surface area contributed by atoms with Crippen LogP contribution in [0.3, 0.4) is 0 Å². The van der Waals surface area contributed by atoms with E-state index in [2.05, 4.69) is 15.9 Å². The number of ether oxygens (including phenoxy) is 1. The van der Waals surface area contributed by atoms with Gasteiger partial charge in [-0.15, -0.1) is 0 Å². The highest BCUT2D eigenvalue weighted by atomic mass is 79.9. The summed E-state index contributed by atoms with van der Waals surface area (Å²) in [4.78, 5) is 0. The van der Waals surface area contributed by atoms with Crippen molar-refractivity contribution < 1.29 is 9.84 Å². The topological polar surface area (TPSA) is 55.5 Å². The van der Waals surface area contributed by atoms with E-state index >= 15 is 0 Å².